The third-order valence-corrected chi connectivity index (χ3v) is 5.79. The van der Waals surface area contributed by atoms with E-state index in [4.69, 9.17) is 5.73 Å². The van der Waals surface area contributed by atoms with Gasteiger partial charge in [0, 0.05) is 0 Å². The fraction of sp³-hybridized carbons (Fsp3) is 0.846. The molecule has 5 rings (SSSR count). The Hall–Kier alpha value is -0.710. The van der Waals surface area contributed by atoms with Crippen LogP contribution in [-0.4, -0.2) is 21.0 Å². The summed E-state index contributed by atoms with van der Waals surface area (Å²) in [6, 6.07) is 0. The summed E-state index contributed by atoms with van der Waals surface area (Å²) in [6.45, 7) is 0. The summed E-state index contributed by atoms with van der Waals surface area (Å²) in [4.78, 5) is 4.38. The Morgan fingerprint density at radius 1 is 1.17 bits per heavy atom. The van der Waals surface area contributed by atoms with Crippen LogP contribution in [0.1, 0.15) is 38.5 Å². The van der Waals surface area contributed by atoms with Gasteiger partial charge < -0.3 is 5.73 Å². The van der Waals surface area contributed by atoms with Gasteiger partial charge in [0.1, 0.15) is 0 Å². The van der Waals surface area contributed by atoms with E-state index in [-0.39, 0.29) is 5.54 Å². The molecule has 1 heterocycles. The van der Waals surface area contributed by atoms with Crippen LogP contribution in [0.2, 0.25) is 0 Å². The van der Waals surface area contributed by atoms with E-state index in [2.05, 4.69) is 14.8 Å². The first-order valence-corrected chi connectivity index (χ1v) is 8.18. The van der Waals surface area contributed by atoms with E-state index in [0.29, 0.717) is 5.95 Å². The number of anilines is 1. The molecule has 0 radical (unpaired) electrons. The smallest absolute Gasteiger partial charge is 0.220 e. The van der Waals surface area contributed by atoms with E-state index in [9.17, 15) is 0 Å². The highest BCUT2D eigenvalue weighted by molar-refractivity contribution is 7.98. The first-order chi connectivity index (χ1) is 8.68. The quantitative estimate of drug-likeness (QED) is 0.834. The van der Waals surface area contributed by atoms with Gasteiger partial charge in [0.05, 0.1) is 5.54 Å². The maximum Gasteiger partial charge on any atom is 0.220 e. The molecule has 0 amide bonds. The lowest BCUT2D eigenvalue weighted by molar-refractivity contribution is -0.0487. The van der Waals surface area contributed by atoms with Gasteiger partial charge in [-0.1, -0.05) is 11.8 Å². The van der Waals surface area contributed by atoms with Crippen LogP contribution in [-0.2, 0) is 5.54 Å². The van der Waals surface area contributed by atoms with Crippen molar-refractivity contribution in [1.82, 2.24) is 14.8 Å². The molecule has 0 unspecified atom stereocenters. The Morgan fingerprint density at radius 3 is 2.17 bits per heavy atom. The molecule has 4 bridgehead atoms. The van der Waals surface area contributed by atoms with E-state index >= 15 is 0 Å². The number of hydrogen-bond donors (Lipinski definition) is 1. The molecule has 4 nitrogen and oxygen atoms in total. The number of thioether (sulfide) groups is 1. The van der Waals surface area contributed by atoms with E-state index in [1.165, 1.54) is 38.5 Å². The predicted octanol–water partition coefficient (Wildman–Crippen LogP) is 2.51. The molecule has 1 aromatic heterocycles. The average molecular weight is 264 g/mol. The molecule has 4 aliphatic rings. The van der Waals surface area contributed by atoms with E-state index in [0.717, 1.165) is 22.9 Å². The third kappa shape index (κ3) is 1.46. The van der Waals surface area contributed by atoms with Crippen LogP contribution in [0.3, 0.4) is 0 Å². The van der Waals surface area contributed by atoms with E-state index < -0.39 is 0 Å². The Kier molecular flexibility index (Phi) is 2.26. The van der Waals surface area contributed by atoms with Gasteiger partial charge in [0.15, 0.2) is 0 Å². The SMILES string of the molecule is CSc1nc(N)n(C23CC4CC(CC(C4)C2)C3)n1. The summed E-state index contributed by atoms with van der Waals surface area (Å²) in [5, 5.41) is 5.48. The minimum atomic E-state index is 0.208. The fourth-order valence-electron chi connectivity index (χ4n) is 5.06. The van der Waals surface area contributed by atoms with Gasteiger partial charge in [0.25, 0.3) is 0 Å². The molecule has 0 atom stereocenters. The van der Waals surface area contributed by atoms with Crippen molar-refractivity contribution in [3.05, 3.63) is 0 Å². The van der Waals surface area contributed by atoms with E-state index in [1.54, 1.807) is 11.8 Å². The monoisotopic (exact) mass is 264 g/mol. The molecule has 4 fully saturated rings. The lowest BCUT2D eigenvalue weighted by Crippen LogP contribution is -2.52. The number of aromatic nitrogens is 3. The molecule has 0 spiro atoms. The summed E-state index contributed by atoms with van der Waals surface area (Å²) in [6.07, 6.45) is 10.2. The largest absolute Gasteiger partial charge is 0.368 e. The van der Waals surface area contributed by atoms with Gasteiger partial charge in [-0.2, -0.15) is 4.98 Å². The van der Waals surface area contributed by atoms with Crippen molar-refractivity contribution in [2.45, 2.75) is 49.2 Å². The van der Waals surface area contributed by atoms with Crippen LogP contribution in [0.4, 0.5) is 5.95 Å². The fourth-order valence-corrected chi connectivity index (χ4v) is 5.41. The van der Waals surface area contributed by atoms with Crippen LogP contribution >= 0.6 is 11.8 Å². The summed E-state index contributed by atoms with van der Waals surface area (Å²) >= 11 is 1.58. The zero-order valence-electron chi connectivity index (χ0n) is 10.8. The summed E-state index contributed by atoms with van der Waals surface area (Å²) in [5.74, 6) is 3.37. The van der Waals surface area contributed by atoms with Crippen LogP contribution in [0, 0.1) is 17.8 Å². The van der Waals surface area contributed by atoms with Crippen LogP contribution in [0.15, 0.2) is 5.16 Å². The van der Waals surface area contributed by atoms with Gasteiger partial charge in [-0.25, -0.2) is 4.68 Å². The van der Waals surface area contributed by atoms with Gasteiger partial charge in [-0.15, -0.1) is 5.10 Å². The highest BCUT2D eigenvalue weighted by atomic mass is 32.2. The van der Waals surface area contributed by atoms with Crippen molar-refractivity contribution in [2.24, 2.45) is 17.8 Å². The summed E-state index contributed by atoms with van der Waals surface area (Å²) in [5.41, 5.74) is 6.32. The maximum absolute atomic E-state index is 6.11. The predicted molar refractivity (Wildman–Crippen MR) is 72.4 cm³/mol. The maximum atomic E-state index is 6.11. The van der Waals surface area contributed by atoms with Gasteiger partial charge >= 0.3 is 0 Å². The highest BCUT2D eigenvalue weighted by Gasteiger charge is 2.53. The molecule has 18 heavy (non-hydrogen) atoms. The van der Waals surface area contributed by atoms with Crippen LogP contribution < -0.4 is 5.73 Å². The second-order valence-corrected chi connectivity index (χ2v) is 7.28. The zero-order valence-corrected chi connectivity index (χ0v) is 11.6. The number of nitrogens with zero attached hydrogens (tertiary/aromatic N) is 3. The van der Waals surface area contributed by atoms with Crippen molar-refractivity contribution >= 4 is 17.7 Å². The standard InChI is InChI=1S/C13H20N4S/c1-18-12-15-11(14)17(16-12)13-5-8-2-9(6-13)4-10(3-8)7-13/h8-10H,2-7H2,1H3,(H2,14,15,16). The van der Waals surface area contributed by atoms with Crippen molar-refractivity contribution in [2.75, 3.05) is 12.0 Å². The molecule has 5 heteroatoms. The van der Waals surface area contributed by atoms with Crippen LogP contribution in [0.5, 0.6) is 0 Å². The Balaban J connectivity index is 1.76. The normalized spacial score (nSPS) is 41.5. The first-order valence-electron chi connectivity index (χ1n) is 6.95. The average Bonchev–Trinajstić information content (AvgIpc) is 2.69. The van der Waals surface area contributed by atoms with Crippen molar-refractivity contribution < 1.29 is 0 Å². The molecule has 0 saturated heterocycles. The first kappa shape index (κ1) is 11.1. The Labute approximate surface area is 112 Å². The van der Waals surface area contributed by atoms with Gasteiger partial charge in [-0.3, -0.25) is 0 Å². The minimum Gasteiger partial charge on any atom is -0.368 e. The molecule has 98 valence electrons. The Morgan fingerprint density at radius 2 is 1.72 bits per heavy atom. The van der Waals surface area contributed by atoms with Crippen molar-refractivity contribution in [3.8, 4) is 0 Å². The highest BCUT2D eigenvalue weighted by Crippen LogP contribution is 2.59. The van der Waals surface area contributed by atoms with Gasteiger partial charge in [0.2, 0.25) is 11.1 Å². The molecular weight excluding hydrogens is 244 g/mol. The molecule has 4 aliphatic carbocycles. The van der Waals surface area contributed by atoms with Gasteiger partial charge in [-0.05, 0) is 62.5 Å². The molecule has 0 aromatic carbocycles. The third-order valence-electron chi connectivity index (χ3n) is 5.25. The summed E-state index contributed by atoms with van der Waals surface area (Å²) < 4.78 is 2.09. The summed E-state index contributed by atoms with van der Waals surface area (Å²) in [7, 11) is 0. The molecule has 0 aliphatic heterocycles. The molecular formula is C13H20N4S. The number of nitrogens with two attached hydrogens (primary N) is 1. The Bertz CT molecular complexity index is 446. The minimum absolute atomic E-state index is 0.208. The lowest BCUT2D eigenvalue weighted by Gasteiger charge is -2.56. The topological polar surface area (TPSA) is 56.7 Å². The molecule has 1 aromatic rings. The second-order valence-electron chi connectivity index (χ2n) is 6.51. The van der Waals surface area contributed by atoms with Crippen molar-refractivity contribution in [3.63, 3.8) is 0 Å². The second kappa shape index (κ2) is 3.65. The lowest BCUT2D eigenvalue weighted by atomic mass is 9.53. The number of nitrogen functional groups attached to an aromatic ring is 1. The van der Waals surface area contributed by atoms with E-state index in [1.807, 2.05) is 6.26 Å². The van der Waals surface area contributed by atoms with Crippen LogP contribution in [0.25, 0.3) is 0 Å². The number of rotatable bonds is 2. The molecule has 2 N–H and O–H groups in total. The molecule has 4 saturated carbocycles. The zero-order chi connectivity index (χ0) is 12.3. The van der Waals surface area contributed by atoms with Crippen molar-refractivity contribution in [1.29, 1.82) is 0 Å². The number of hydrogen-bond acceptors (Lipinski definition) is 4.